The zero-order valence-corrected chi connectivity index (χ0v) is 11.3. The molecule has 0 radical (unpaired) electrons. The second kappa shape index (κ2) is 6.47. The molecule has 2 N–H and O–H groups in total. The third-order valence-corrected chi connectivity index (χ3v) is 2.63. The fraction of sp³-hybridized carbons (Fsp3) is 0.417. The molecule has 0 aliphatic heterocycles. The number of esters is 1. The van der Waals surface area contributed by atoms with Crippen molar-refractivity contribution < 1.29 is 19.0 Å². The van der Waals surface area contributed by atoms with E-state index in [0.717, 1.165) is 5.56 Å². The summed E-state index contributed by atoms with van der Waals surface area (Å²) in [5, 5.41) is 0.338. The van der Waals surface area contributed by atoms with E-state index in [-0.39, 0.29) is 0 Å². The van der Waals surface area contributed by atoms with E-state index in [1.54, 1.807) is 19.1 Å². The molecule has 1 atom stereocenters. The minimum absolute atomic E-state index is 0.300. The third kappa shape index (κ3) is 3.27. The first kappa shape index (κ1) is 14.6. The van der Waals surface area contributed by atoms with Crippen LogP contribution in [-0.4, -0.2) is 26.3 Å². The molecule has 0 spiro atoms. The van der Waals surface area contributed by atoms with E-state index in [2.05, 4.69) is 4.74 Å². The molecule has 0 heterocycles. The summed E-state index contributed by atoms with van der Waals surface area (Å²) in [7, 11) is 2.78. The van der Waals surface area contributed by atoms with Crippen molar-refractivity contribution >= 4 is 17.6 Å². The predicted octanol–water partition coefficient (Wildman–Crippen LogP) is 1.75. The van der Waals surface area contributed by atoms with Crippen LogP contribution < -0.4 is 15.2 Å². The number of rotatable bonds is 5. The van der Waals surface area contributed by atoms with Crippen LogP contribution in [0.2, 0.25) is 5.02 Å². The maximum atomic E-state index is 11.3. The number of carbonyl (C=O) groups is 1. The summed E-state index contributed by atoms with van der Waals surface area (Å²) in [6.45, 7) is 1.90. The Morgan fingerprint density at radius 1 is 1.44 bits per heavy atom. The molecule has 0 amide bonds. The highest BCUT2D eigenvalue weighted by Gasteiger charge is 2.20. The first-order valence-corrected chi connectivity index (χ1v) is 5.72. The van der Waals surface area contributed by atoms with Gasteiger partial charge < -0.3 is 19.9 Å². The van der Waals surface area contributed by atoms with Gasteiger partial charge in [0.05, 0.1) is 19.2 Å². The largest absolute Gasteiger partial charge is 0.493 e. The number of hydrogen-bond donors (Lipinski definition) is 1. The molecule has 0 fully saturated rings. The molecule has 0 aromatic heterocycles. The number of carbonyl (C=O) groups excluding carboxylic acids is 1. The van der Waals surface area contributed by atoms with Crippen LogP contribution in [0, 0.1) is 0 Å². The molecule has 0 aliphatic carbocycles. The van der Waals surface area contributed by atoms with Crippen molar-refractivity contribution in [3.63, 3.8) is 0 Å². The molecule has 100 valence electrons. The molecule has 0 aliphatic rings. The summed E-state index contributed by atoms with van der Waals surface area (Å²) < 4.78 is 15.2. The summed E-state index contributed by atoms with van der Waals surface area (Å²) in [6, 6.07) is 3.38. The van der Waals surface area contributed by atoms with Crippen molar-refractivity contribution in [1.29, 1.82) is 0 Å². The van der Waals surface area contributed by atoms with Crippen LogP contribution in [0.1, 0.15) is 12.5 Å². The number of nitrogens with two attached hydrogens (primary N) is 1. The second-order valence-corrected chi connectivity index (χ2v) is 4.00. The number of hydrogen-bond acceptors (Lipinski definition) is 5. The highest BCUT2D eigenvalue weighted by Crippen LogP contribution is 2.37. The molecule has 0 saturated heterocycles. The standard InChI is InChI=1S/C12H16ClNO4/c1-7(12(15)17-3)18-11-9(13)4-8(6-14)5-10(11)16-2/h4-5,7H,6,14H2,1-3H3. The third-order valence-electron chi connectivity index (χ3n) is 2.35. The molecule has 1 unspecified atom stereocenters. The van der Waals surface area contributed by atoms with Crippen molar-refractivity contribution in [2.45, 2.75) is 19.6 Å². The summed E-state index contributed by atoms with van der Waals surface area (Å²) in [5.74, 6) is 0.240. The van der Waals surface area contributed by atoms with Crippen LogP contribution in [0.4, 0.5) is 0 Å². The Labute approximate surface area is 111 Å². The van der Waals surface area contributed by atoms with Crippen molar-refractivity contribution in [3.05, 3.63) is 22.7 Å². The van der Waals surface area contributed by atoms with E-state index in [0.29, 0.717) is 23.1 Å². The van der Waals surface area contributed by atoms with E-state index in [4.69, 9.17) is 26.8 Å². The topological polar surface area (TPSA) is 70.8 Å². The zero-order valence-electron chi connectivity index (χ0n) is 10.5. The molecule has 0 bridgehead atoms. The second-order valence-electron chi connectivity index (χ2n) is 3.60. The van der Waals surface area contributed by atoms with Gasteiger partial charge in [0.1, 0.15) is 0 Å². The normalized spacial score (nSPS) is 11.8. The minimum Gasteiger partial charge on any atom is -0.493 e. The van der Waals surface area contributed by atoms with Crippen LogP contribution in [0.15, 0.2) is 12.1 Å². The Balaban J connectivity index is 3.04. The molecule has 1 aromatic carbocycles. The van der Waals surface area contributed by atoms with Gasteiger partial charge in [-0.25, -0.2) is 4.79 Å². The number of halogens is 1. The highest BCUT2D eigenvalue weighted by atomic mass is 35.5. The molecule has 6 heteroatoms. The van der Waals surface area contributed by atoms with Crippen molar-refractivity contribution in [1.82, 2.24) is 0 Å². The molecule has 1 rings (SSSR count). The van der Waals surface area contributed by atoms with Gasteiger partial charge in [0.25, 0.3) is 0 Å². The molecule has 0 saturated carbocycles. The van der Waals surface area contributed by atoms with Gasteiger partial charge >= 0.3 is 5.97 Å². The van der Waals surface area contributed by atoms with E-state index in [9.17, 15) is 4.79 Å². The summed E-state index contributed by atoms with van der Waals surface area (Å²) in [6.07, 6.45) is -0.773. The quantitative estimate of drug-likeness (QED) is 0.828. The van der Waals surface area contributed by atoms with Gasteiger partial charge in [-0.2, -0.15) is 0 Å². The van der Waals surface area contributed by atoms with Gasteiger partial charge in [0, 0.05) is 6.54 Å². The van der Waals surface area contributed by atoms with Crippen LogP contribution in [-0.2, 0) is 16.1 Å². The van der Waals surface area contributed by atoms with E-state index in [1.165, 1.54) is 14.2 Å². The van der Waals surface area contributed by atoms with Gasteiger partial charge in [0.15, 0.2) is 17.6 Å². The van der Waals surface area contributed by atoms with Crippen LogP contribution in [0.3, 0.4) is 0 Å². The summed E-state index contributed by atoms with van der Waals surface area (Å²) in [4.78, 5) is 11.3. The molecule has 1 aromatic rings. The van der Waals surface area contributed by atoms with E-state index in [1.807, 2.05) is 0 Å². The molecular weight excluding hydrogens is 258 g/mol. The fourth-order valence-corrected chi connectivity index (χ4v) is 1.67. The lowest BCUT2D eigenvalue weighted by molar-refractivity contribution is -0.147. The zero-order chi connectivity index (χ0) is 13.7. The Hall–Kier alpha value is -1.46. The SMILES string of the molecule is COC(=O)C(C)Oc1c(Cl)cc(CN)cc1OC. The maximum absolute atomic E-state index is 11.3. The maximum Gasteiger partial charge on any atom is 0.346 e. The van der Waals surface area contributed by atoms with Gasteiger partial charge in [0.2, 0.25) is 0 Å². The van der Waals surface area contributed by atoms with Gasteiger partial charge in [-0.15, -0.1) is 0 Å². The average Bonchev–Trinajstić information content (AvgIpc) is 2.39. The van der Waals surface area contributed by atoms with Crippen molar-refractivity contribution in [2.75, 3.05) is 14.2 Å². The molecular formula is C12H16ClNO4. The Kier molecular flexibility index (Phi) is 5.25. The fourth-order valence-electron chi connectivity index (χ4n) is 1.40. The monoisotopic (exact) mass is 273 g/mol. The van der Waals surface area contributed by atoms with Crippen molar-refractivity contribution in [2.24, 2.45) is 5.73 Å². The highest BCUT2D eigenvalue weighted by molar-refractivity contribution is 6.32. The molecule has 18 heavy (non-hydrogen) atoms. The average molecular weight is 274 g/mol. The van der Waals surface area contributed by atoms with Crippen LogP contribution >= 0.6 is 11.6 Å². The van der Waals surface area contributed by atoms with Crippen LogP contribution in [0.5, 0.6) is 11.5 Å². The molecule has 5 nitrogen and oxygen atoms in total. The van der Waals surface area contributed by atoms with Crippen LogP contribution in [0.25, 0.3) is 0 Å². The van der Waals surface area contributed by atoms with E-state index < -0.39 is 12.1 Å². The number of benzene rings is 1. The summed E-state index contributed by atoms with van der Waals surface area (Å²) >= 11 is 6.07. The summed E-state index contributed by atoms with van der Waals surface area (Å²) in [5.41, 5.74) is 6.35. The number of methoxy groups -OCH3 is 2. The Morgan fingerprint density at radius 2 is 2.11 bits per heavy atom. The lowest BCUT2D eigenvalue weighted by Crippen LogP contribution is -2.25. The smallest absolute Gasteiger partial charge is 0.346 e. The first-order valence-electron chi connectivity index (χ1n) is 5.34. The minimum atomic E-state index is -0.773. The van der Waals surface area contributed by atoms with Crippen molar-refractivity contribution in [3.8, 4) is 11.5 Å². The van der Waals surface area contributed by atoms with Gasteiger partial charge in [-0.05, 0) is 24.6 Å². The number of ether oxygens (including phenoxy) is 3. The lowest BCUT2D eigenvalue weighted by Gasteiger charge is -2.17. The Morgan fingerprint density at radius 3 is 2.61 bits per heavy atom. The van der Waals surface area contributed by atoms with E-state index >= 15 is 0 Å². The lowest BCUT2D eigenvalue weighted by atomic mass is 10.2. The predicted molar refractivity (Wildman–Crippen MR) is 68.0 cm³/mol. The first-order chi connectivity index (χ1) is 8.53. The van der Waals surface area contributed by atoms with Gasteiger partial charge in [-0.1, -0.05) is 11.6 Å². The van der Waals surface area contributed by atoms with Gasteiger partial charge in [-0.3, -0.25) is 0 Å². The Bertz CT molecular complexity index is 436.